The molecule has 1 aromatic rings. The van der Waals surface area contributed by atoms with Gasteiger partial charge in [-0.1, -0.05) is 12.1 Å². The van der Waals surface area contributed by atoms with Gasteiger partial charge in [-0.2, -0.15) is 0 Å². The molecule has 0 bridgehead atoms. The van der Waals surface area contributed by atoms with Crippen LogP contribution in [0.15, 0.2) is 24.3 Å². The van der Waals surface area contributed by atoms with Gasteiger partial charge >= 0.3 is 0 Å². The van der Waals surface area contributed by atoms with Crippen molar-refractivity contribution in [3.05, 3.63) is 33.4 Å². The third kappa shape index (κ3) is 3.85. The third-order valence-electron chi connectivity index (χ3n) is 4.40. The summed E-state index contributed by atoms with van der Waals surface area (Å²) >= 11 is 2.19. The molecule has 0 aromatic heterocycles. The van der Waals surface area contributed by atoms with Gasteiger partial charge < -0.3 is 14.5 Å². The van der Waals surface area contributed by atoms with E-state index in [1.165, 1.54) is 0 Å². The van der Waals surface area contributed by atoms with Crippen LogP contribution in [0.1, 0.15) is 29.6 Å². The summed E-state index contributed by atoms with van der Waals surface area (Å²) in [6.07, 6.45) is 2.32. The van der Waals surface area contributed by atoms with Gasteiger partial charge in [-0.15, -0.1) is 0 Å². The Morgan fingerprint density at radius 3 is 2.52 bits per heavy atom. The van der Waals surface area contributed by atoms with Crippen LogP contribution in [0.3, 0.4) is 0 Å². The van der Waals surface area contributed by atoms with Gasteiger partial charge in [0.15, 0.2) is 0 Å². The number of carbonyl (C=O) groups is 2. The highest BCUT2D eigenvalue weighted by Gasteiger charge is 2.30. The van der Waals surface area contributed by atoms with Crippen LogP contribution in [-0.4, -0.2) is 60.5 Å². The average Bonchev–Trinajstić information content (AvgIpc) is 2.98. The normalized spacial score (nSPS) is 22.0. The van der Waals surface area contributed by atoms with Crippen molar-refractivity contribution in [3.8, 4) is 0 Å². The van der Waals surface area contributed by atoms with E-state index in [0.29, 0.717) is 32.8 Å². The van der Waals surface area contributed by atoms with Gasteiger partial charge in [0, 0.05) is 36.4 Å². The summed E-state index contributed by atoms with van der Waals surface area (Å²) in [5, 5.41) is 0. The van der Waals surface area contributed by atoms with Crippen LogP contribution >= 0.6 is 22.6 Å². The molecule has 1 aromatic carbocycles. The molecule has 2 heterocycles. The molecule has 1 atom stereocenters. The maximum absolute atomic E-state index is 12.7. The highest BCUT2D eigenvalue weighted by atomic mass is 127. The van der Waals surface area contributed by atoms with E-state index in [4.69, 9.17) is 4.74 Å². The molecule has 0 saturated carbocycles. The lowest BCUT2D eigenvalue weighted by atomic mass is 10.2. The van der Waals surface area contributed by atoms with Crippen molar-refractivity contribution in [3.63, 3.8) is 0 Å². The Bertz CT molecular complexity index is 587. The number of halogens is 1. The van der Waals surface area contributed by atoms with E-state index < -0.39 is 0 Å². The Morgan fingerprint density at radius 2 is 1.78 bits per heavy atom. The zero-order valence-corrected chi connectivity index (χ0v) is 15.2. The number of amides is 2. The Morgan fingerprint density at radius 1 is 1.04 bits per heavy atom. The van der Waals surface area contributed by atoms with Crippen molar-refractivity contribution in [1.82, 2.24) is 9.80 Å². The van der Waals surface area contributed by atoms with Gasteiger partial charge in [-0.25, -0.2) is 0 Å². The monoisotopic (exact) mass is 428 g/mol. The van der Waals surface area contributed by atoms with Crippen LogP contribution < -0.4 is 0 Å². The van der Waals surface area contributed by atoms with E-state index in [0.717, 1.165) is 28.4 Å². The summed E-state index contributed by atoms with van der Waals surface area (Å²) in [7, 11) is 0. The van der Waals surface area contributed by atoms with Crippen molar-refractivity contribution >= 4 is 34.4 Å². The van der Waals surface area contributed by atoms with Crippen molar-refractivity contribution in [2.45, 2.75) is 25.4 Å². The molecule has 23 heavy (non-hydrogen) atoms. The second-order valence-corrected chi connectivity index (χ2v) is 7.11. The highest BCUT2D eigenvalue weighted by molar-refractivity contribution is 14.1. The number of rotatable bonds is 2. The van der Waals surface area contributed by atoms with Crippen LogP contribution in [0.25, 0.3) is 0 Å². The van der Waals surface area contributed by atoms with Crippen molar-refractivity contribution in [2.24, 2.45) is 0 Å². The number of ether oxygens (including phenoxy) is 1. The van der Waals surface area contributed by atoms with Crippen LogP contribution in [0, 0.1) is 3.57 Å². The number of benzene rings is 1. The first kappa shape index (κ1) is 16.7. The quantitative estimate of drug-likeness (QED) is 0.679. The minimum atomic E-state index is -0.271. The lowest BCUT2D eigenvalue weighted by Crippen LogP contribution is -2.41. The second-order valence-electron chi connectivity index (χ2n) is 5.95. The molecule has 0 aliphatic carbocycles. The summed E-state index contributed by atoms with van der Waals surface area (Å²) in [5.74, 6) is 0.146. The van der Waals surface area contributed by atoms with E-state index >= 15 is 0 Å². The SMILES string of the molecule is O=C(c1ccccc1I)N1CCCN(C(=O)C2CCCO2)CC1. The molecule has 2 fully saturated rings. The second kappa shape index (κ2) is 7.61. The van der Waals surface area contributed by atoms with Crippen molar-refractivity contribution in [1.29, 1.82) is 0 Å². The fourth-order valence-corrected chi connectivity index (χ4v) is 3.74. The molecule has 0 spiro atoms. The van der Waals surface area contributed by atoms with Gasteiger partial charge in [-0.3, -0.25) is 9.59 Å². The topological polar surface area (TPSA) is 49.9 Å². The van der Waals surface area contributed by atoms with Crippen LogP contribution in [-0.2, 0) is 9.53 Å². The standard InChI is InChI=1S/C17H21IN2O3/c18-14-6-2-1-5-13(14)16(21)19-8-4-9-20(11-10-19)17(22)15-7-3-12-23-15/h1-2,5-6,15H,3-4,7-12H2. The van der Waals surface area contributed by atoms with Crippen LogP contribution in [0.4, 0.5) is 0 Å². The number of hydrogen-bond donors (Lipinski definition) is 0. The first-order valence-electron chi connectivity index (χ1n) is 8.11. The molecule has 1 unspecified atom stereocenters. The Balaban J connectivity index is 1.63. The summed E-state index contributed by atoms with van der Waals surface area (Å²) in [6.45, 7) is 3.25. The molecular formula is C17H21IN2O3. The smallest absolute Gasteiger partial charge is 0.254 e. The van der Waals surface area contributed by atoms with Gasteiger partial charge in [0.05, 0.1) is 5.56 Å². The molecular weight excluding hydrogens is 407 g/mol. The Hall–Kier alpha value is -1.15. The van der Waals surface area contributed by atoms with Crippen LogP contribution in [0.2, 0.25) is 0 Å². The molecule has 124 valence electrons. The third-order valence-corrected chi connectivity index (χ3v) is 5.34. The van der Waals surface area contributed by atoms with E-state index in [1.807, 2.05) is 34.1 Å². The minimum Gasteiger partial charge on any atom is -0.368 e. The van der Waals surface area contributed by atoms with Gasteiger partial charge in [0.25, 0.3) is 11.8 Å². The molecule has 2 saturated heterocycles. The molecule has 6 heteroatoms. The predicted octanol–water partition coefficient (Wildman–Crippen LogP) is 2.14. The van der Waals surface area contributed by atoms with E-state index in [-0.39, 0.29) is 17.9 Å². The van der Waals surface area contributed by atoms with Gasteiger partial charge in [0.2, 0.25) is 0 Å². The first-order valence-corrected chi connectivity index (χ1v) is 9.19. The van der Waals surface area contributed by atoms with Crippen molar-refractivity contribution in [2.75, 3.05) is 32.8 Å². The summed E-state index contributed by atoms with van der Waals surface area (Å²) < 4.78 is 6.46. The molecule has 2 aliphatic heterocycles. The zero-order valence-electron chi connectivity index (χ0n) is 13.0. The molecule has 2 amide bonds. The number of hydrogen-bond acceptors (Lipinski definition) is 3. The summed E-state index contributed by atoms with van der Waals surface area (Å²) in [5.41, 5.74) is 0.743. The molecule has 3 rings (SSSR count). The fourth-order valence-electron chi connectivity index (χ4n) is 3.12. The van der Waals surface area contributed by atoms with Gasteiger partial charge in [0.1, 0.15) is 6.10 Å². The highest BCUT2D eigenvalue weighted by Crippen LogP contribution is 2.18. The lowest BCUT2D eigenvalue weighted by molar-refractivity contribution is -0.140. The Kier molecular flexibility index (Phi) is 5.53. The average molecular weight is 428 g/mol. The summed E-state index contributed by atoms with van der Waals surface area (Å²) in [4.78, 5) is 28.9. The zero-order chi connectivity index (χ0) is 16.2. The summed E-state index contributed by atoms with van der Waals surface area (Å²) in [6, 6.07) is 7.63. The Labute approximate surface area is 150 Å². The fraction of sp³-hybridized carbons (Fsp3) is 0.529. The molecule has 5 nitrogen and oxygen atoms in total. The molecule has 2 aliphatic rings. The van der Waals surface area contributed by atoms with E-state index in [1.54, 1.807) is 0 Å². The maximum atomic E-state index is 12.7. The molecule has 0 radical (unpaired) electrons. The lowest BCUT2D eigenvalue weighted by Gasteiger charge is -2.24. The molecule has 0 N–H and O–H groups in total. The maximum Gasteiger partial charge on any atom is 0.254 e. The number of carbonyl (C=O) groups excluding carboxylic acids is 2. The van der Waals surface area contributed by atoms with Crippen LogP contribution in [0.5, 0.6) is 0 Å². The largest absolute Gasteiger partial charge is 0.368 e. The first-order chi connectivity index (χ1) is 11.2. The van der Waals surface area contributed by atoms with E-state index in [2.05, 4.69) is 22.6 Å². The van der Waals surface area contributed by atoms with Crippen molar-refractivity contribution < 1.29 is 14.3 Å². The predicted molar refractivity (Wildman–Crippen MR) is 95.2 cm³/mol. The van der Waals surface area contributed by atoms with E-state index in [9.17, 15) is 9.59 Å². The number of nitrogens with zero attached hydrogens (tertiary/aromatic N) is 2. The minimum absolute atomic E-state index is 0.0569. The van der Waals surface area contributed by atoms with Gasteiger partial charge in [-0.05, 0) is 54.0 Å².